The average Bonchev–Trinajstić information content (AvgIpc) is 2.74. The van der Waals surface area contributed by atoms with Crippen LogP contribution < -0.4 is 10.1 Å². The Bertz CT molecular complexity index is 445. The number of methoxy groups -OCH3 is 1. The van der Waals surface area contributed by atoms with Gasteiger partial charge in [-0.05, 0) is 48.3 Å². The van der Waals surface area contributed by atoms with Crippen molar-refractivity contribution in [3.05, 3.63) is 27.7 Å². The van der Waals surface area contributed by atoms with Gasteiger partial charge in [0.15, 0.2) is 11.6 Å². The highest BCUT2D eigenvalue weighted by Crippen LogP contribution is 2.40. The fourth-order valence-electron chi connectivity index (χ4n) is 2.31. The Morgan fingerprint density at radius 1 is 1.41 bits per heavy atom. The predicted octanol–water partition coefficient (Wildman–Crippen LogP) is 3.33. The summed E-state index contributed by atoms with van der Waals surface area (Å²) in [6, 6.07) is 1.59. The predicted molar refractivity (Wildman–Crippen MR) is 65.2 cm³/mol. The molecule has 0 spiro atoms. The summed E-state index contributed by atoms with van der Waals surface area (Å²) in [7, 11) is 1.35. The molecular formula is C12H14BrF2NO. The van der Waals surface area contributed by atoms with E-state index in [-0.39, 0.29) is 15.8 Å². The topological polar surface area (TPSA) is 21.3 Å². The Hall–Kier alpha value is -0.680. The smallest absolute Gasteiger partial charge is 0.202 e. The first-order valence-corrected chi connectivity index (χ1v) is 6.26. The summed E-state index contributed by atoms with van der Waals surface area (Å²) in [6.07, 6.45) is 1.89. The molecule has 94 valence electrons. The van der Waals surface area contributed by atoms with E-state index in [2.05, 4.69) is 21.2 Å². The molecule has 1 heterocycles. The summed E-state index contributed by atoms with van der Waals surface area (Å²) in [4.78, 5) is 0. The van der Waals surface area contributed by atoms with Crippen molar-refractivity contribution in [2.24, 2.45) is 0 Å². The lowest BCUT2D eigenvalue weighted by Crippen LogP contribution is -2.34. The molecule has 1 N–H and O–H groups in total. The molecular weight excluding hydrogens is 292 g/mol. The molecule has 1 aliphatic heterocycles. The van der Waals surface area contributed by atoms with Crippen molar-refractivity contribution in [1.82, 2.24) is 5.32 Å². The van der Waals surface area contributed by atoms with Crippen LogP contribution in [0.5, 0.6) is 5.75 Å². The van der Waals surface area contributed by atoms with Crippen molar-refractivity contribution < 1.29 is 13.5 Å². The summed E-state index contributed by atoms with van der Waals surface area (Å²) in [5, 5.41) is 3.31. The van der Waals surface area contributed by atoms with Crippen LogP contribution in [-0.2, 0) is 5.54 Å². The number of hydrogen-bond acceptors (Lipinski definition) is 2. The van der Waals surface area contributed by atoms with Crippen molar-refractivity contribution in [1.29, 1.82) is 0 Å². The van der Waals surface area contributed by atoms with Gasteiger partial charge in [-0.3, -0.25) is 0 Å². The molecule has 1 aromatic carbocycles. The number of ether oxygens (including phenoxy) is 1. The fourth-order valence-corrected chi connectivity index (χ4v) is 2.72. The minimum Gasteiger partial charge on any atom is -0.493 e. The highest BCUT2D eigenvalue weighted by atomic mass is 79.9. The van der Waals surface area contributed by atoms with Gasteiger partial charge < -0.3 is 10.1 Å². The van der Waals surface area contributed by atoms with Crippen molar-refractivity contribution in [2.45, 2.75) is 25.3 Å². The molecule has 0 saturated carbocycles. The second-order valence-electron chi connectivity index (χ2n) is 4.43. The zero-order chi connectivity index (χ0) is 12.6. The molecule has 0 bridgehead atoms. The third-order valence-corrected chi connectivity index (χ3v) is 3.86. The van der Waals surface area contributed by atoms with Crippen LogP contribution in [0, 0.1) is 11.6 Å². The van der Waals surface area contributed by atoms with Crippen LogP contribution in [0.2, 0.25) is 0 Å². The van der Waals surface area contributed by atoms with Crippen LogP contribution in [0.25, 0.3) is 0 Å². The Morgan fingerprint density at radius 3 is 2.65 bits per heavy atom. The van der Waals surface area contributed by atoms with E-state index in [0.717, 1.165) is 19.4 Å². The van der Waals surface area contributed by atoms with Crippen LogP contribution in [-0.4, -0.2) is 13.7 Å². The third-order valence-electron chi connectivity index (χ3n) is 3.28. The minimum atomic E-state index is -0.938. The molecule has 5 heteroatoms. The van der Waals surface area contributed by atoms with Crippen molar-refractivity contribution >= 4 is 15.9 Å². The van der Waals surface area contributed by atoms with E-state index in [4.69, 9.17) is 4.74 Å². The molecule has 1 saturated heterocycles. The minimum absolute atomic E-state index is 0.0115. The number of halogens is 3. The van der Waals surface area contributed by atoms with Gasteiger partial charge in [0, 0.05) is 11.1 Å². The zero-order valence-electron chi connectivity index (χ0n) is 9.74. The number of nitrogens with one attached hydrogen (secondary N) is 1. The molecule has 0 aromatic heterocycles. The summed E-state index contributed by atoms with van der Waals surface area (Å²) in [5.41, 5.74) is 0.297. The van der Waals surface area contributed by atoms with Gasteiger partial charge in [-0.25, -0.2) is 4.39 Å². The molecule has 2 rings (SSSR count). The maximum Gasteiger partial charge on any atom is 0.202 e. The zero-order valence-corrected chi connectivity index (χ0v) is 11.3. The molecule has 1 atom stereocenters. The maximum absolute atomic E-state index is 13.8. The Labute approximate surface area is 107 Å². The van der Waals surface area contributed by atoms with Gasteiger partial charge >= 0.3 is 0 Å². The second-order valence-corrected chi connectivity index (χ2v) is 5.28. The molecule has 1 aliphatic rings. The van der Waals surface area contributed by atoms with Crippen LogP contribution in [0.3, 0.4) is 0 Å². The highest BCUT2D eigenvalue weighted by molar-refractivity contribution is 9.10. The maximum atomic E-state index is 13.8. The van der Waals surface area contributed by atoms with E-state index in [1.807, 2.05) is 6.92 Å². The van der Waals surface area contributed by atoms with Crippen molar-refractivity contribution in [3.8, 4) is 5.75 Å². The van der Waals surface area contributed by atoms with Gasteiger partial charge in [0.25, 0.3) is 0 Å². The molecule has 1 unspecified atom stereocenters. The van der Waals surface area contributed by atoms with E-state index in [9.17, 15) is 8.78 Å². The first-order valence-electron chi connectivity index (χ1n) is 5.46. The van der Waals surface area contributed by atoms with E-state index in [0.29, 0.717) is 5.56 Å². The van der Waals surface area contributed by atoms with Crippen molar-refractivity contribution in [3.63, 3.8) is 0 Å². The Morgan fingerprint density at radius 2 is 2.12 bits per heavy atom. The summed E-state index contributed by atoms with van der Waals surface area (Å²) in [6.45, 7) is 2.85. The third kappa shape index (κ3) is 2.06. The molecule has 17 heavy (non-hydrogen) atoms. The van der Waals surface area contributed by atoms with Crippen LogP contribution in [0.4, 0.5) is 8.78 Å². The molecule has 1 fully saturated rings. The largest absolute Gasteiger partial charge is 0.493 e. The molecule has 0 amide bonds. The van der Waals surface area contributed by atoms with Crippen LogP contribution in [0.1, 0.15) is 25.3 Å². The van der Waals surface area contributed by atoms with Crippen LogP contribution in [0.15, 0.2) is 10.5 Å². The van der Waals surface area contributed by atoms with Crippen molar-refractivity contribution in [2.75, 3.05) is 13.7 Å². The van der Waals surface area contributed by atoms with E-state index in [1.165, 1.54) is 7.11 Å². The summed E-state index contributed by atoms with van der Waals surface area (Å²) >= 11 is 3.03. The normalized spacial score (nSPS) is 24.1. The lowest BCUT2D eigenvalue weighted by molar-refractivity contribution is 0.339. The van der Waals surface area contributed by atoms with Gasteiger partial charge in [0.05, 0.1) is 11.6 Å². The highest BCUT2D eigenvalue weighted by Gasteiger charge is 2.35. The van der Waals surface area contributed by atoms with Crippen LogP contribution >= 0.6 is 15.9 Å². The molecule has 1 aromatic rings. The first-order chi connectivity index (χ1) is 7.99. The lowest BCUT2D eigenvalue weighted by atomic mass is 9.89. The van der Waals surface area contributed by atoms with E-state index < -0.39 is 11.6 Å². The van der Waals surface area contributed by atoms with Gasteiger partial charge in [0.2, 0.25) is 5.82 Å². The van der Waals surface area contributed by atoms with Gasteiger partial charge in [-0.15, -0.1) is 0 Å². The fraction of sp³-hybridized carbons (Fsp3) is 0.500. The Balaban J connectivity index is 2.60. The second kappa shape index (κ2) is 4.53. The summed E-state index contributed by atoms with van der Waals surface area (Å²) < 4.78 is 32.4. The van der Waals surface area contributed by atoms with Gasteiger partial charge in [-0.2, -0.15) is 4.39 Å². The Kier molecular flexibility index (Phi) is 3.41. The van der Waals surface area contributed by atoms with Gasteiger partial charge in [0.1, 0.15) is 0 Å². The first kappa shape index (κ1) is 12.8. The molecule has 0 radical (unpaired) electrons. The SMILES string of the molecule is COc1c(C2(C)CCCN2)cc(Br)c(F)c1F. The van der Waals surface area contributed by atoms with Gasteiger partial charge in [-0.1, -0.05) is 0 Å². The number of benzene rings is 1. The van der Waals surface area contributed by atoms with E-state index >= 15 is 0 Å². The number of hydrogen-bond donors (Lipinski definition) is 1. The standard InChI is InChI=1S/C12H14BrF2NO/c1-12(4-3-5-16-12)7-6-8(13)9(14)10(15)11(7)17-2/h6,16H,3-5H2,1-2H3. The monoisotopic (exact) mass is 305 g/mol. The summed E-state index contributed by atoms with van der Waals surface area (Å²) in [5.74, 6) is -1.86. The average molecular weight is 306 g/mol. The van der Waals surface area contributed by atoms with E-state index in [1.54, 1.807) is 6.07 Å². The quantitative estimate of drug-likeness (QED) is 0.846. The lowest BCUT2D eigenvalue weighted by Gasteiger charge is -2.27. The molecule has 0 aliphatic carbocycles. The molecule has 2 nitrogen and oxygen atoms in total. The number of rotatable bonds is 2.